The molecule has 6 nitrogen and oxygen atoms in total. The maximum atomic E-state index is 9.68. The predicted molar refractivity (Wildman–Crippen MR) is 98.2 cm³/mol. The second kappa shape index (κ2) is 8.24. The van der Waals surface area contributed by atoms with E-state index in [1.54, 1.807) is 30.3 Å². The summed E-state index contributed by atoms with van der Waals surface area (Å²) in [7, 11) is -0.870. The van der Waals surface area contributed by atoms with Gasteiger partial charge in [0.25, 0.3) is 0 Å². The average Bonchev–Trinajstić information content (AvgIpc) is 2.99. The molecule has 3 rings (SSSR count). The lowest BCUT2D eigenvalue weighted by molar-refractivity contribution is 0.0554. The summed E-state index contributed by atoms with van der Waals surface area (Å²) < 4.78 is 22.2. The molecule has 0 bridgehead atoms. The minimum absolute atomic E-state index is 0.135. The third kappa shape index (κ3) is 4.35. The lowest BCUT2D eigenvalue weighted by Crippen LogP contribution is -2.27. The van der Waals surface area contributed by atoms with Crippen molar-refractivity contribution in [3.05, 3.63) is 53.4 Å². The molecule has 1 heterocycles. The molecule has 0 saturated carbocycles. The summed E-state index contributed by atoms with van der Waals surface area (Å²) >= 11 is 0. The number of rotatable bonds is 7. The zero-order chi connectivity index (χ0) is 18.5. The fraction of sp³-hybridized carbons (Fsp3) is 0.316. The van der Waals surface area contributed by atoms with Gasteiger partial charge in [0.1, 0.15) is 23.9 Å². The van der Waals surface area contributed by atoms with E-state index in [1.165, 1.54) is 0 Å². The van der Waals surface area contributed by atoms with E-state index in [1.807, 2.05) is 19.9 Å². The van der Waals surface area contributed by atoms with Gasteiger partial charge in [-0.1, -0.05) is 6.07 Å². The first-order chi connectivity index (χ1) is 12.6. The summed E-state index contributed by atoms with van der Waals surface area (Å²) in [6, 6.07) is 10.5. The number of nitrogens with zero attached hydrogens (tertiary/aromatic N) is 1. The molecule has 0 unspecified atom stereocenters. The minimum atomic E-state index is -0.870. The molecule has 1 aliphatic rings. The smallest absolute Gasteiger partial charge is 0.491 e. The molecule has 7 heteroatoms. The molecule has 0 saturated heterocycles. The van der Waals surface area contributed by atoms with Crippen LogP contribution in [0.3, 0.4) is 0 Å². The van der Waals surface area contributed by atoms with Crippen molar-refractivity contribution in [3.63, 3.8) is 0 Å². The van der Waals surface area contributed by atoms with E-state index in [4.69, 9.17) is 25.4 Å². The van der Waals surface area contributed by atoms with Crippen LogP contribution in [0.25, 0.3) is 4.85 Å². The first-order valence-corrected chi connectivity index (χ1v) is 8.43. The van der Waals surface area contributed by atoms with Crippen LogP contribution in [0.15, 0.2) is 36.4 Å². The molecule has 0 aromatic heterocycles. The fourth-order valence-corrected chi connectivity index (χ4v) is 2.61. The van der Waals surface area contributed by atoms with Crippen molar-refractivity contribution in [3.8, 4) is 17.2 Å². The number of ether oxygens (including phenoxy) is 3. The van der Waals surface area contributed by atoms with E-state index in [0.29, 0.717) is 42.8 Å². The maximum Gasteiger partial charge on any atom is 0.491 e. The van der Waals surface area contributed by atoms with Gasteiger partial charge in [0.15, 0.2) is 0 Å². The summed E-state index contributed by atoms with van der Waals surface area (Å²) in [5.74, 6) is 1.66. The van der Waals surface area contributed by atoms with E-state index in [0.717, 1.165) is 11.0 Å². The van der Waals surface area contributed by atoms with Crippen LogP contribution in [0.5, 0.6) is 17.2 Å². The maximum absolute atomic E-state index is 9.68. The van der Waals surface area contributed by atoms with Gasteiger partial charge >= 0.3 is 7.12 Å². The molecule has 0 spiro atoms. The van der Waals surface area contributed by atoms with Crippen LogP contribution < -0.4 is 14.9 Å². The second-order valence-corrected chi connectivity index (χ2v) is 6.14. The molecule has 0 aliphatic carbocycles. The van der Waals surface area contributed by atoms with Crippen LogP contribution in [-0.4, -0.2) is 31.5 Å². The first-order valence-electron chi connectivity index (χ1n) is 8.43. The highest BCUT2D eigenvalue weighted by atomic mass is 16.5. The number of hydrogen-bond acceptors (Lipinski definition) is 5. The third-order valence-corrected chi connectivity index (χ3v) is 3.86. The molecular weight excluding hydrogens is 333 g/mol. The number of benzene rings is 2. The molecular formula is C19H20BNO5. The molecule has 134 valence electrons. The van der Waals surface area contributed by atoms with Crippen LogP contribution in [0.1, 0.15) is 19.4 Å². The Labute approximate surface area is 153 Å². The summed E-state index contributed by atoms with van der Waals surface area (Å²) in [6.45, 7) is 12.3. The van der Waals surface area contributed by atoms with Crippen LogP contribution >= 0.6 is 0 Å². The van der Waals surface area contributed by atoms with Gasteiger partial charge in [-0.15, -0.1) is 0 Å². The Kier molecular flexibility index (Phi) is 5.79. The standard InChI is InChI=1S/C19H20BNO5/c1-13(2)23-8-9-24-19-11-16(5-7-18(19)21-3)26-15-4-6-17-14(10-15)12-25-20(17)22/h4-7,10-11,13,22H,8-9,12H2,1-2H3. The Bertz CT molecular complexity index is 818. The predicted octanol–water partition coefficient (Wildman–Crippen LogP) is 3.05. The van der Waals surface area contributed by atoms with Gasteiger partial charge < -0.3 is 23.9 Å². The van der Waals surface area contributed by atoms with Gasteiger partial charge in [0.2, 0.25) is 5.69 Å². The van der Waals surface area contributed by atoms with Gasteiger partial charge in [-0.3, -0.25) is 0 Å². The van der Waals surface area contributed by atoms with Gasteiger partial charge in [-0.2, -0.15) is 0 Å². The van der Waals surface area contributed by atoms with Crippen molar-refractivity contribution >= 4 is 18.3 Å². The van der Waals surface area contributed by atoms with Crippen molar-refractivity contribution in [2.75, 3.05) is 13.2 Å². The monoisotopic (exact) mass is 353 g/mol. The van der Waals surface area contributed by atoms with Crippen molar-refractivity contribution in [2.24, 2.45) is 0 Å². The molecule has 0 atom stereocenters. The Morgan fingerprint density at radius 3 is 2.73 bits per heavy atom. The molecule has 0 radical (unpaired) electrons. The Hall–Kier alpha value is -2.53. The SMILES string of the molecule is [C-]#[N+]c1ccc(Oc2ccc3c(c2)COB3O)cc1OCCOC(C)C. The van der Waals surface area contributed by atoms with Gasteiger partial charge in [0.05, 0.1) is 25.9 Å². The summed E-state index contributed by atoms with van der Waals surface area (Å²) in [5, 5.41) is 9.68. The van der Waals surface area contributed by atoms with Gasteiger partial charge in [0, 0.05) is 6.07 Å². The lowest BCUT2D eigenvalue weighted by atomic mass is 9.80. The number of hydrogen-bond donors (Lipinski definition) is 1. The highest BCUT2D eigenvalue weighted by Gasteiger charge is 2.27. The molecule has 2 aromatic rings. The van der Waals surface area contributed by atoms with Crippen molar-refractivity contribution in [2.45, 2.75) is 26.6 Å². The normalized spacial score (nSPS) is 12.8. The van der Waals surface area contributed by atoms with Crippen molar-refractivity contribution < 1.29 is 23.9 Å². The van der Waals surface area contributed by atoms with E-state index >= 15 is 0 Å². The topological polar surface area (TPSA) is 61.5 Å². The summed E-state index contributed by atoms with van der Waals surface area (Å²) in [5.41, 5.74) is 2.08. The Morgan fingerprint density at radius 2 is 1.96 bits per heavy atom. The fourth-order valence-electron chi connectivity index (χ4n) is 2.61. The van der Waals surface area contributed by atoms with Crippen molar-refractivity contribution in [1.29, 1.82) is 0 Å². The molecule has 26 heavy (non-hydrogen) atoms. The Morgan fingerprint density at radius 1 is 1.19 bits per heavy atom. The third-order valence-electron chi connectivity index (χ3n) is 3.86. The molecule has 2 aromatic carbocycles. The zero-order valence-corrected chi connectivity index (χ0v) is 14.8. The average molecular weight is 353 g/mol. The van der Waals surface area contributed by atoms with Gasteiger partial charge in [-0.05, 0) is 49.1 Å². The Balaban J connectivity index is 1.70. The zero-order valence-electron chi connectivity index (χ0n) is 14.8. The summed E-state index contributed by atoms with van der Waals surface area (Å²) in [6.07, 6.45) is 0.135. The first kappa shape index (κ1) is 18.3. The quantitative estimate of drug-likeness (QED) is 0.471. The van der Waals surface area contributed by atoms with E-state index < -0.39 is 7.12 Å². The van der Waals surface area contributed by atoms with E-state index in [2.05, 4.69) is 4.85 Å². The van der Waals surface area contributed by atoms with Crippen LogP contribution in [0.4, 0.5) is 5.69 Å². The van der Waals surface area contributed by atoms with Crippen LogP contribution in [0, 0.1) is 6.57 Å². The highest BCUT2D eigenvalue weighted by Crippen LogP contribution is 2.34. The summed E-state index contributed by atoms with van der Waals surface area (Å²) in [4.78, 5) is 3.47. The van der Waals surface area contributed by atoms with Crippen LogP contribution in [-0.2, 0) is 16.0 Å². The molecule has 1 N–H and O–H groups in total. The largest absolute Gasteiger partial charge is 0.502 e. The van der Waals surface area contributed by atoms with E-state index in [-0.39, 0.29) is 6.10 Å². The second-order valence-electron chi connectivity index (χ2n) is 6.14. The lowest BCUT2D eigenvalue weighted by Gasteiger charge is -2.13. The van der Waals surface area contributed by atoms with E-state index in [9.17, 15) is 5.02 Å². The molecule has 0 amide bonds. The van der Waals surface area contributed by atoms with Crippen molar-refractivity contribution in [1.82, 2.24) is 0 Å². The van der Waals surface area contributed by atoms with Gasteiger partial charge in [-0.25, -0.2) is 4.85 Å². The molecule has 1 aliphatic heterocycles. The molecule has 0 fully saturated rings. The van der Waals surface area contributed by atoms with Crippen LogP contribution in [0.2, 0.25) is 0 Å². The highest BCUT2D eigenvalue weighted by molar-refractivity contribution is 6.61. The minimum Gasteiger partial charge on any atom is -0.502 e. The number of fused-ring (bicyclic) bond motifs is 1.